The largest absolute Gasteiger partial charge is 0.393 e. The molecule has 442 valence electrons. The number of hydrogen-bond acceptors (Lipinski definition) is 27. The third-order valence-corrected chi connectivity index (χ3v) is 20.0. The number of fused-ring (bicyclic) bond motifs is 21. The normalized spacial score (nSPS) is 39.7. The predicted molar refractivity (Wildman–Crippen MR) is 258 cm³/mol. The summed E-state index contributed by atoms with van der Waals surface area (Å²) in [6, 6.07) is 7.21. The van der Waals surface area contributed by atoms with Gasteiger partial charge in [0.2, 0.25) is 0 Å². The highest BCUT2D eigenvalue weighted by Gasteiger charge is 2.73. The average molecular weight is 1180 g/mol. The van der Waals surface area contributed by atoms with Crippen LogP contribution in [0.2, 0.25) is 0 Å². The van der Waals surface area contributed by atoms with Crippen LogP contribution < -0.4 is 0 Å². The first-order valence-electron chi connectivity index (χ1n) is 27.9. The van der Waals surface area contributed by atoms with Gasteiger partial charge in [-0.1, -0.05) is 24.3 Å². The zero-order valence-corrected chi connectivity index (χ0v) is 44.4. The third kappa shape index (κ3) is 9.48. The van der Waals surface area contributed by atoms with Crippen LogP contribution in [0.25, 0.3) is 0 Å². The number of carbonyl (C=O) groups is 20. The summed E-state index contributed by atoms with van der Waals surface area (Å²) in [5, 5.41) is 0. The molecule has 14 atom stereocenters. The fourth-order valence-corrected chi connectivity index (χ4v) is 16.3. The van der Waals surface area contributed by atoms with E-state index in [1.54, 1.807) is 12.1 Å². The third-order valence-electron chi connectivity index (χ3n) is 20.0. The Morgan fingerprint density at radius 1 is 0.294 bits per heavy atom. The Hall–Kier alpha value is -8.78. The fraction of sp³-hybridized carbons (Fsp3) is 0.552. The fourth-order valence-electron chi connectivity index (χ4n) is 16.3. The highest BCUT2D eigenvalue weighted by atomic mass is 16.6. The van der Waals surface area contributed by atoms with Gasteiger partial charge < -0.3 is 33.2 Å². The van der Waals surface area contributed by atoms with Gasteiger partial charge >= 0.3 is 83.6 Å². The predicted octanol–water partition coefficient (Wildman–Crippen LogP) is -0.321. The number of carbonyl (C=O) groups excluding carboxylic acids is 20. The van der Waals surface area contributed by atoms with E-state index in [9.17, 15) is 95.9 Å². The van der Waals surface area contributed by atoms with Gasteiger partial charge in [0.25, 0.3) is 0 Å². The summed E-state index contributed by atoms with van der Waals surface area (Å²) in [6.45, 7) is 0. The summed E-state index contributed by atoms with van der Waals surface area (Å²) in [5.41, 5.74) is 1.54. The molecule has 16 rings (SSSR count). The lowest BCUT2D eigenvalue weighted by Crippen LogP contribution is -2.50. The molecule has 0 radical (unpaired) electrons. The van der Waals surface area contributed by atoms with E-state index in [2.05, 4.69) is 28.4 Å². The molecule has 7 saturated heterocycles. The molecule has 1 aromatic carbocycles. The maximum absolute atomic E-state index is 12.0. The van der Waals surface area contributed by atoms with Crippen LogP contribution in [0.5, 0.6) is 0 Å². The molecule has 15 aliphatic rings. The second kappa shape index (κ2) is 21.1. The zero-order valence-electron chi connectivity index (χ0n) is 44.4. The van der Waals surface area contributed by atoms with E-state index in [4.69, 9.17) is 4.74 Å². The molecule has 0 spiro atoms. The minimum absolute atomic E-state index is 0.00194. The molecule has 0 amide bonds. The van der Waals surface area contributed by atoms with Crippen LogP contribution in [0.3, 0.4) is 0 Å². The summed E-state index contributed by atoms with van der Waals surface area (Å²) < 4.78 is 31.3. The van der Waals surface area contributed by atoms with E-state index >= 15 is 0 Å². The average Bonchev–Trinajstić information content (AvgIpc) is 2.67. The molecule has 85 heavy (non-hydrogen) atoms. The Morgan fingerprint density at radius 3 is 1.09 bits per heavy atom. The molecule has 8 aliphatic carbocycles. The molecular formula is C58H48O27. The van der Waals surface area contributed by atoms with Gasteiger partial charge in [-0.2, -0.15) is 0 Å². The number of hydrogen-bond donors (Lipinski definition) is 0. The molecule has 14 unspecified atom stereocenters. The lowest BCUT2D eigenvalue weighted by Gasteiger charge is -2.33. The first kappa shape index (κ1) is 56.7. The van der Waals surface area contributed by atoms with Crippen molar-refractivity contribution in [2.24, 2.45) is 107 Å². The number of esters is 14. The molecular weight excluding hydrogens is 1130 g/mol. The lowest BCUT2D eigenvalue weighted by atomic mass is 9.59. The Kier molecular flexibility index (Phi) is 14.1. The topological polar surface area (TPSA) is 406 Å². The van der Waals surface area contributed by atoms with Crippen LogP contribution in [0.15, 0.2) is 24.3 Å². The van der Waals surface area contributed by atoms with Gasteiger partial charge in [-0.3, -0.25) is 95.9 Å². The van der Waals surface area contributed by atoms with Crippen molar-refractivity contribution in [2.75, 3.05) is 0 Å². The Balaban J connectivity index is 0.000000105. The number of ether oxygens (including phenoxy) is 7. The molecule has 7 aliphatic heterocycles. The van der Waals surface area contributed by atoms with E-state index in [1.807, 2.05) is 12.1 Å². The van der Waals surface area contributed by atoms with Gasteiger partial charge in [-0.05, 0) is 66.9 Å². The Morgan fingerprint density at radius 2 is 0.647 bits per heavy atom. The molecule has 6 bridgehead atoms. The molecule has 7 saturated carbocycles. The van der Waals surface area contributed by atoms with E-state index in [0.29, 0.717) is 31.2 Å². The van der Waals surface area contributed by atoms with E-state index in [-0.39, 0.29) is 139 Å². The van der Waals surface area contributed by atoms with Crippen molar-refractivity contribution in [3.05, 3.63) is 35.4 Å². The number of rotatable bonds is 3. The van der Waals surface area contributed by atoms with Gasteiger partial charge in [0.15, 0.2) is 0 Å². The number of Topliss-reactive ketones (excluding diaryl/α,β-unsaturated/α-hetero) is 6. The molecule has 0 aromatic heterocycles. The van der Waals surface area contributed by atoms with E-state index in [0.717, 1.165) is 5.56 Å². The number of cyclic esters (lactones) is 14. The molecule has 14 fully saturated rings. The molecule has 7 heterocycles. The van der Waals surface area contributed by atoms with Crippen molar-refractivity contribution < 1.29 is 129 Å². The molecule has 0 N–H and O–H groups in total. The van der Waals surface area contributed by atoms with Crippen molar-refractivity contribution in [3.8, 4) is 0 Å². The Labute approximate surface area is 476 Å². The van der Waals surface area contributed by atoms with Gasteiger partial charge in [0.05, 0.1) is 104 Å². The quantitative estimate of drug-likeness (QED) is 0.162. The highest BCUT2D eigenvalue weighted by molar-refractivity contribution is 6.12. The van der Waals surface area contributed by atoms with Gasteiger partial charge in [0.1, 0.15) is 34.7 Å². The minimum Gasteiger partial charge on any atom is -0.393 e. The first-order valence-corrected chi connectivity index (χ1v) is 27.9. The zero-order chi connectivity index (χ0) is 60.5. The summed E-state index contributed by atoms with van der Waals surface area (Å²) in [4.78, 5) is 229. The van der Waals surface area contributed by atoms with Gasteiger partial charge in [-0.25, -0.2) is 0 Å². The standard InChI is InChI=1S/C16H12O6.C14H14O4.C11H10O5.C9H8O6.C8H4O6/c17-12-6-10(14(18)21-12)9-5-11-13(16(20)22-15(11)19)8-4-2-1-3-7(8)9;15-9-3-10(16)6-1-5(9)13-7-2-8(14(6)13)12(18)4-11(7)17;12-7-3-8(13)6-1-4(7)5-2-9(14)16-11(15)10(5)6;10-6-2-4(8(12)14-6)1-5-3-7(11)15-9(5)13;9-5-1-2(6(10)13-5)4-3(1)7(11)14-8(4)12/h1-4,9-11,13H,5-6H2;5-8,13-14H,1-4H2;4-6,10H,1-3H2;4-5H,1-3H2;1-4H. The van der Waals surface area contributed by atoms with Crippen molar-refractivity contribution in [2.45, 2.75) is 88.9 Å². The van der Waals surface area contributed by atoms with Crippen LogP contribution in [0, 0.1) is 107 Å². The second-order valence-electron chi connectivity index (χ2n) is 24.1. The summed E-state index contributed by atoms with van der Waals surface area (Å²) in [6.07, 6.45) is 2.14. The maximum atomic E-state index is 12.0. The van der Waals surface area contributed by atoms with Crippen molar-refractivity contribution in [1.82, 2.24) is 0 Å². The van der Waals surface area contributed by atoms with Crippen molar-refractivity contribution >= 4 is 118 Å². The Bertz CT molecular complexity index is 3220. The molecule has 27 nitrogen and oxygen atoms in total. The van der Waals surface area contributed by atoms with Crippen LogP contribution in [0.1, 0.15) is 100 Å². The van der Waals surface area contributed by atoms with Gasteiger partial charge in [-0.15, -0.1) is 0 Å². The minimum atomic E-state index is -0.786. The summed E-state index contributed by atoms with van der Waals surface area (Å²) in [5.74, 6) is -17.4. The lowest BCUT2D eigenvalue weighted by molar-refractivity contribution is -0.172. The molecule has 27 heteroatoms. The van der Waals surface area contributed by atoms with Crippen LogP contribution in [0.4, 0.5) is 0 Å². The van der Waals surface area contributed by atoms with Crippen LogP contribution in [-0.2, 0) is 129 Å². The summed E-state index contributed by atoms with van der Waals surface area (Å²) in [7, 11) is 0. The second-order valence-corrected chi connectivity index (χ2v) is 24.1. The maximum Gasteiger partial charge on any atom is 0.321 e. The number of ketones is 6. The van der Waals surface area contributed by atoms with E-state index < -0.39 is 149 Å². The smallest absolute Gasteiger partial charge is 0.321 e. The summed E-state index contributed by atoms with van der Waals surface area (Å²) >= 11 is 0. The SMILES string of the molecule is O=C1CC(=O)C2CC1C1C3CC(C(=O)CC3=O)C21.O=C1CC(C2CC3C(=O)OC(=O)C3c3ccccc32)C(=O)O1.O=C1CC(CC2CC(=O)OC2=O)C(=O)O1.O=C1CC2C3CC(C(=O)CC3=O)C2C(=O)O1.O=C1OC(=O)C2C1C1C(=O)OC(=O)C21. The molecule has 1 aromatic rings. The van der Waals surface area contributed by atoms with Crippen molar-refractivity contribution in [1.29, 1.82) is 0 Å². The first-order chi connectivity index (χ1) is 40.4. The van der Waals surface area contributed by atoms with Gasteiger partial charge in [0, 0.05) is 35.5 Å². The van der Waals surface area contributed by atoms with E-state index in [1.165, 1.54) is 0 Å². The van der Waals surface area contributed by atoms with Crippen LogP contribution in [-0.4, -0.2) is 118 Å². The highest BCUT2D eigenvalue weighted by Crippen LogP contribution is 2.62. The number of benzene rings is 1. The van der Waals surface area contributed by atoms with Crippen LogP contribution >= 0.6 is 0 Å². The monoisotopic (exact) mass is 1180 g/mol. The van der Waals surface area contributed by atoms with Crippen molar-refractivity contribution in [3.63, 3.8) is 0 Å².